The van der Waals surface area contributed by atoms with Crippen LogP contribution in [0.5, 0.6) is 0 Å². The van der Waals surface area contributed by atoms with E-state index in [1.807, 2.05) is 0 Å². The van der Waals surface area contributed by atoms with E-state index in [-0.39, 0.29) is 5.69 Å². The number of carboxylic acid groups (broad SMARTS) is 1. The SMILES string of the molecule is Cc1sc(NCc2ncn[nH]2)nc1C(=O)O. The monoisotopic (exact) mass is 239 g/mol. The molecule has 0 saturated heterocycles. The van der Waals surface area contributed by atoms with E-state index >= 15 is 0 Å². The molecule has 0 aliphatic rings. The number of aromatic carboxylic acids is 1. The van der Waals surface area contributed by atoms with Gasteiger partial charge in [-0.25, -0.2) is 14.8 Å². The lowest BCUT2D eigenvalue weighted by Gasteiger charge is -1.97. The molecule has 0 radical (unpaired) electrons. The first kappa shape index (κ1) is 10.6. The van der Waals surface area contributed by atoms with Crippen LogP contribution in [0.1, 0.15) is 21.2 Å². The summed E-state index contributed by atoms with van der Waals surface area (Å²) in [4.78, 5) is 19.3. The summed E-state index contributed by atoms with van der Waals surface area (Å²) in [6.45, 7) is 2.16. The summed E-state index contributed by atoms with van der Waals surface area (Å²) in [6, 6.07) is 0. The molecule has 3 N–H and O–H groups in total. The Labute approximate surface area is 94.6 Å². The Balaban J connectivity index is 2.05. The predicted molar refractivity (Wildman–Crippen MR) is 57.5 cm³/mol. The van der Waals surface area contributed by atoms with Crippen LogP contribution < -0.4 is 5.32 Å². The molecule has 0 atom stereocenters. The molecule has 84 valence electrons. The third-order valence-electron chi connectivity index (χ3n) is 1.87. The van der Waals surface area contributed by atoms with Gasteiger partial charge in [0, 0.05) is 4.88 Å². The number of carbonyl (C=O) groups is 1. The highest BCUT2D eigenvalue weighted by Crippen LogP contribution is 2.22. The molecule has 0 spiro atoms. The van der Waals surface area contributed by atoms with Crippen molar-refractivity contribution in [3.05, 3.63) is 22.7 Å². The maximum Gasteiger partial charge on any atom is 0.355 e. The first-order valence-corrected chi connectivity index (χ1v) is 5.27. The first-order valence-electron chi connectivity index (χ1n) is 4.45. The smallest absolute Gasteiger partial charge is 0.355 e. The topological polar surface area (TPSA) is 104 Å². The minimum absolute atomic E-state index is 0.0880. The number of aryl methyl sites for hydroxylation is 1. The van der Waals surface area contributed by atoms with Gasteiger partial charge in [-0.05, 0) is 6.92 Å². The fourth-order valence-corrected chi connectivity index (χ4v) is 1.95. The van der Waals surface area contributed by atoms with Crippen LogP contribution in [0, 0.1) is 6.92 Å². The number of hydrogen-bond acceptors (Lipinski definition) is 6. The number of rotatable bonds is 4. The third kappa shape index (κ3) is 2.16. The van der Waals surface area contributed by atoms with Crippen LogP contribution >= 0.6 is 11.3 Å². The Hall–Kier alpha value is -1.96. The van der Waals surface area contributed by atoms with Crippen LogP contribution in [0.15, 0.2) is 6.33 Å². The quantitative estimate of drug-likeness (QED) is 0.731. The molecule has 2 aromatic rings. The molecule has 0 aromatic carbocycles. The predicted octanol–water partition coefficient (Wildman–Crippen LogP) is 0.880. The van der Waals surface area contributed by atoms with Crippen molar-refractivity contribution in [2.75, 3.05) is 5.32 Å². The van der Waals surface area contributed by atoms with Gasteiger partial charge in [0.2, 0.25) is 0 Å². The molecule has 7 nitrogen and oxygen atoms in total. The molecule has 8 heteroatoms. The first-order chi connectivity index (χ1) is 7.66. The molecule has 0 unspecified atom stereocenters. The number of aromatic amines is 1. The summed E-state index contributed by atoms with van der Waals surface area (Å²) in [5.41, 5.74) is 0.0880. The van der Waals surface area contributed by atoms with Crippen molar-refractivity contribution >= 4 is 22.4 Å². The van der Waals surface area contributed by atoms with E-state index in [0.29, 0.717) is 22.4 Å². The Morgan fingerprint density at radius 1 is 1.69 bits per heavy atom. The van der Waals surface area contributed by atoms with Crippen molar-refractivity contribution in [2.45, 2.75) is 13.5 Å². The fraction of sp³-hybridized carbons (Fsp3) is 0.250. The summed E-state index contributed by atoms with van der Waals surface area (Å²) < 4.78 is 0. The van der Waals surface area contributed by atoms with Crippen molar-refractivity contribution in [3.8, 4) is 0 Å². The van der Waals surface area contributed by atoms with Crippen molar-refractivity contribution in [3.63, 3.8) is 0 Å². The number of hydrogen-bond donors (Lipinski definition) is 3. The van der Waals surface area contributed by atoms with Crippen LogP contribution in [0.3, 0.4) is 0 Å². The van der Waals surface area contributed by atoms with Crippen LogP contribution in [-0.2, 0) is 6.54 Å². The van der Waals surface area contributed by atoms with Gasteiger partial charge in [0.25, 0.3) is 0 Å². The van der Waals surface area contributed by atoms with E-state index in [9.17, 15) is 4.79 Å². The van der Waals surface area contributed by atoms with E-state index in [4.69, 9.17) is 5.11 Å². The van der Waals surface area contributed by atoms with Crippen molar-refractivity contribution in [2.24, 2.45) is 0 Å². The van der Waals surface area contributed by atoms with E-state index in [2.05, 4.69) is 25.5 Å². The second-order valence-corrected chi connectivity index (χ2v) is 4.22. The van der Waals surface area contributed by atoms with Gasteiger partial charge < -0.3 is 10.4 Å². The number of anilines is 1. The average molecular weight is 239 g/mol. The normalized spacial score (nSPS) is 10.3. The minimum Gasteiger partial charge on any atom is -0.476 e. The highest BCUT2D eigenvalue weighted by atomic mass is 32.1. The molecule has 0 aliphatic heterocycles. The summed E-state index contributed by atoms with van der Waals surface area (Å²) >= 11 is 1.30. The standard InChI is InChI=1S/C8H9N5O2S/c1-4-6(7(14)15)12-8(16-4)9-2-5-10-3-11-13-5/h3H,2H2,1H3,(H,9,12)(H,14,15)(H,10,11,13). The van der Waals surface area contributed by atoms with Crippen molar-refractivity contribution in [1.82, 2.24) is 20.2 Å². The molecule has 0 aliphatic carbocycles. The Kier molecular flexibility index (Phi) is 2.82. The van der Waals surface area contributed by atoms with Gasteiger partial charge in [-0.2, -0.15) is 5.10 Å². The van der Waals surface area contributed by atoms with Crippen molar-refractivity contribution in [1.29, 1.82) is 0 Å². The number of H-pyrrole nitrogens is 1. The number of carboxylic acids is 1. The highest BCUT2D eigenvalue weighted by molar-refractivity contribution is 7.15. The second kappa shape index (κ2) is 4.27. The molecule has 16 heavy (non-hydrogen) atoms. The molecule has 0 saturated carbocycles. The van der Waals surface area contributed by atoms with Gasteiger partial charge >= 0.3 is 5.97 Å². The summed E-state index contributed by atoms with van der Waals surface area (Å²) in [6.07, 6.45) is 1.41. The lowest BCUT2D eigenvalue weighted by molar-refractivity contribution is 0.0690. The molecule has 0 bridgehead atoms. The second-order valence-electron chi connectivity index (χ2n) is 3.01. The van der Waals surface area contributed by atoms with E-state index in [0.717, 1.165) is 0 Å². The molecular weight excluding hydrogens is 230 g/mol. The largest absolute Gasteiger partial charge is 0.476 e. The minimum atomic E-state index is -1.01. The van der Waals surface area contributed by atoms with Gasteiger partial charge in [0.05, 0.1) is 6.54 Å². The number of aromatic nitrogens is 4. The average Bonchev–Trinajstić information content (AvgIpc) is 2.83. The Morgan fingerprint density at radius 3 is 3.06 bits per heavy atom. The summed E-state index contributed by atoms with van der Waals surface area (Å²) in [5, 5.41) is 18.7. The Morgan fingerprint density at radius 2 is 2.50 bits per heavy atom. The number of thiazole rings is 1. The zero-order valence-corrected chi connectivity index (χ0v) is 9.21. The summed E-state index contributed by atoms with van der Waals surface area (Å²) in [5.74, 6) is -0.341. The van der Waals surface area contributed by atoms with Crippen molar-refractivity contribution < 1.29 is 9.90 Å². The molecular formula is C8H9N5O2S. The van der Waals surface area contributed by atoms with Gasteiger partial charge in [-0.3, -0.25) is 5.10 Å². The van der Waals surface area contributed by atoms with Crippen LogP contribution in [-0.4, -0.2) is 31.2 Å². The number of nitrogens with one attached hydrogen (secondary N) is 2. The molecule has 2 rings (SSSR count). The molecule has 2 heterocycles. The molecule has 2 aromatic heterocycles. The fourth-order valence-electron chi connectivity index (χ4n) is 1.15. The molecule has 0 amide bonds. The number of nitrogens with zero attached hydrogens (tertiary/aromatic N) is 3. The maximum atomic E-state index is 10.8. The summed E-state index contributed by atoms with van der Waals surface area (Å²) in [7, 11) is 0. The highest BCUT2D eigenvalue weighted by Gasteiger charge is 2.13. The molecule has 0 fully saturated rings. The van der Waals surface area contributed by atoms with E-state index in [1.54, 1.807) is 6.92 Å². The van der Waals surface area contributed by atoms with Gasteiger partial charge in [0.1, 0.15) is 12.2 Å². The van der Waals surface area contributed by atoms with E-state index in [1.165, 1.54) is 17.7 Å². The third-order valence-corrected chi connectivity index (χ3v) is 2.80. The van der Waals surface area contributed by atoms with Gasteiger partial charge in [-0.1, -0.05) is 0 Å². The zero-order valence-electron chi connectivity index (χ0n) is 8.39. The van der Waals surface area contributed by atoms with Crippen LogP contribution in [0.4, 0.5) is 5.13 Å². The van der Waals surface area contributed by atoms with Crippen LogP contribution in [0.2, 0.25) is 0 Å². The van der Waals surface area contributed by atoms with Crippen LogP contribution in [0.25, 0.3) is 0 Å². The van der Waals surface area contributed by atoms with Gasteiger partial charge in [0.15, 0.2) is 10.8 Å². The van der Waals surface area contributed by atoms with Gasteiger partial charge in [-0.15, -0.1) is 11.3 Å². The Bertz CT molecular complexity index is 493. The maximum absolute atomic E-state index is 10.8. The zero-order chi connectivity index (χ0) is 11.5. The lowest BCUT2D eigenvalue weighted by Crippen LogP contribution is -2.02. The van der Waals surface area contributed by atoms with E-state index < -0.39 is 5.97 Å². The lowest BCUT2D eigenvalue weighted by atomic mass is 10.4.